The number of nitrogens with zero attached hydrogens (tertiary/aromatic N) is 3. The van der Waals surface area contributed by atoms with Crippen LogP contribution in [-0.2, 0) is 0 Å². The Morgan fingerprint density at radius 1 is 1.03 bits per heavy atom. The zero-order valence-corrected chi connectivity index (χ0v) is 20.4. The number of nitrogens with two attached hydrogens (primary N) is 1. The molecule has 34 heavy (non-hydrogen) atoms. The molecule has 0 saturated heterocycles. The van der Waals surface area contributed by atoms with E-state index in [1.807, 2.05) is 48.5 Å². The number of pyridine rings is 1. The number of benzene rings is 2. The lowest BCUT2D eigenvalue weighted by Crippen LogP contribution is -2.41. The first-order valence-corrected chi connectivity index (χ1v) is 12.5. The topological polar surface area (TPSA) is 92.8 Å². The molecular weight excluding hydrogens is 490 g/mol. The average molecular weight is 510 g/mol. The van der Waals surface area contributed by atoms with Gasteiger partial charge in [0, 0.05) is 27.9 Å². The normalized spacial score (nSPS) is 19.5. The lowest BCUT2D eigenvalue weighted by Gasteiger charge is -2.28. The maximum Gasteiger partial charge on any atom is 0.269 e. The van der Waals surface area contributed by atoms with E-state index in [0.29, 0.717) is 21.6 Å². The van der Waals surface area contributed by atoms with Gasteiger partial charge in [0.05, 0.1) is 12.4 Å². The predicted molar refractivity (Wildman–Crippen MR) is 137 cm³/mol. The quantitative estimate of drug-likeness (QED) is 0.493. The minimum Gasteiger partial charge on any atom is -0.497 e. The molecule has 3 heterocycles. The second kappa shape index (κ2) is 9.61. The molecule has 0 saturated carbocycles. The number of carbonyl (C=O) groups excluding carboxylic acids is 1. The third kappa shape index (κ3) is 4.46. The molecule has 5 rings (SSSR count). The van der Waals surface area contributed by atoms with E-state index in [1.54, 1.807) is 48.4 Å². The summed E-state index contributed by atoms with van der Waals surface area (Å²) in [5, 5.41) is 2.55. The zero-order valence-electron chi connectivity index (χ0n) is 18.0. The van der Waals surface area contributed by atoms with E-state index in [0.717, 1.165) is 21.8 Å². The second-order valence-corrected chi connectivity index (χ2v) is 10.2. The number of hydrogen-bond acceptors (Lipinski definition) is 8. The number of halogens is 1. The maximum atomic E-state index is 13.1. The molecular formula is C24H20ClN5O2S2. The molecule has 0 spiro atoms. The van der Waals surface area contributed by atoms with Crippen LogP contribution in [0.2, 0.25) is 5.02 Å². The van der Waals surface area contributed by atoms with E-state index < -0.39 is 0 Å². The molecule has 2 aliphatic rings. The number of hydrogen-bond donors (Lipinski definition) is 2. The van der Waals surface area contributed by atoms with E-state index in [-0.39, 0.29) is 16.5 Å². The standard InChI is InChI=1S/C24H20ClN5O2S2/c1-32-18-8-4-14(5-9-18)19-20-21(28-24(26)34-19)30(29-22(31)15-10-12-27-13-11-15)23(33-20)16-2-6-17(25)7-3-16/h2-13,19,23H,1H3,(H2,26,28)(H,29,31). The molecule has 172 valence electrons. The molecule has 0 fully saturated rings. The van der Waals surface area contributed by atoms with Gasteiger partial charge in [0.15, 0.2) is 11.0 Å². The van der Waals surface area contributed by atoms with Gasteiger partial charge in [-0.1, -0.05) is 59.4 Å². The Bertz CT molecular complexity index is 1270. The van der Waals surface area contributed by atoms with Crippen LogP contribution in [-0.4, -0.2) is 28.2 Å². The van der Waals surface area contributed by atoms with Gasteiger partial charge in [0.2, 0.25) is 0 Å². The summed E-state index contributed by atoms with van der Waals surface area (Å²) >= 11 is 9.25. The summed E-state index contributed by atoms with van der Waals surface area (Å²) in [6.07, 6.45) is 3.17. The molecule has 3 aromatic rings. The average Bonchev–Trinajstić information content (AvgIpc) is 3.22. The summed E-state index contributed by atoms with van der Waals surface area (Å²) in [6, 6.07) is 18.8. The first-order valence-electron chi connectivity index (χ1n) is 10.3. The number of amides is 1. The van der Waals surface area contributed by atoms with Crippen molar-refractivity contribution in [2.24, 2.45) is 10.7 Å². The summed E-state index contributed by atoms with van der Waals surface area (Å²) in [5.41, 5.74) is 11.8. The van der Waals surface area contributed by atoms with Crippen LogP contribution in [0.5, 0.6) is 5.75 Å². The van der Waals surface area contributed by atoms with Gasteiger partial charge in [-0.2, -0.15) is 0 Å². The summed E-state index contributed by atoms with van der Waals surface area (Å²) in [7, 11) is 1.64. The molecule has 0 aliphatic carbocycles. The number of carbonyl (C=O) groups is 1. The van der Waals surface area contributed by atoms with E-state index in [9.17, 15) is 4.79 Å². The highest BCUT2D eigenvalue weighted by molar-refractivity contribution is 8.15. The first kappa shape index (κ1) is 22.6. The summed E-state index contributed by atoms with van der Waals surface area (Å²) < 4.78 is 5.31. The number of ether oxygens (including phenoxy) is 1. The number of thioether (sulfide) groups is 2. The molecule has 2 unspecified atom stereocenters. The smallest absolute Gasteiger partial charge is 0.269 e. The highest BCUT2D eigenvalue weighted by Crippen LogP contribution is 2.57. The van der Waals surface area contributed by atoms with Crippen molar-refractivity contribution in [2.75, 3.05) is 7.11 Å². The van der Waals surface area contributed by atoms with Crippen molar-refractivity contribution < 1.29 is 9.53 Å². The van der Waals surface area contributed by atoms with Crippen molar-refractivity contribution in [3.8, 4) is 5.75 Å². The van der Waals surface area contributed by atoms with E-state index in [2.05, 4.69) is 15.4 Å². The fourth-order valence-corrected chi connectivity index (χ4v) is 6.30. The Morgan fingerprint density at radius 3 is 2.38 bits per heavy atom. The van der Waals surface area contributed by atoms with Crippen molar-refractivity contribution >= 4 is 46.2 Å². The molecule has 1 aromatic heterocycles. The van der Waals surface area contributed by atoms with Gasteiger partial charge in [-0.05, 0) is 47.5 Å². The number of rotatable bonds is 5. The van der Waals surface area contributed by atoms with Gasteiger partial charge < -0.3 is 10.5 Å². The van der Waals surface area contributed by atoms with Crippen LogP contribution in [0, 0.1) is 0 Å². The molecule has 7 nitrogen and oxygen atoms in total. The molecule has 10 heteroatoms. The third-order valence-corrected chi connectivity index (χ3v) is 8.21. The van der Waals surface area contributed by atoms with Crippen LogP contribution in [0.1, 0.15) is 32.1 Å². The van der Waals surface area contributed by atoms with Gasteiger partial charge >= 0.3 is 0 Å². The molecule has 0 radical (unpaired) electrons. The number of aromatic nitrogens is 1. The Hall–Kier alpha value is -3.14. The van der Waals surface area contributed by atoms with Gasteiger partial charge in [0.25, 0.3) is 5.91 Å². The van der Waals surface area contributed by atoms with E-state index in [1.165, 1.54) is 11.8 Å². The first-order chi connectivity index (χ1) is 16.5. The van der Waals surface area contributed by atoms with Gasteiger partial charge in [0.1, 0.15) is 11.1 Å². The molecule has 0 bridgehead atoms. The minimum atomic E-state index is -0.260. The van der Waals surface area contributed by atoms with Crippen molar-refractivity contribution in [1.82, 2.24) is 15.4 Å². The number of nitrogens with one attached hydrogen (secondary N) is 1. The lowest BCUT2D eigenvalue weighted by molar-refractivity contribution is 0.0826. The van der Waals surface area contributed by atoms with Crippen LogP contribution in [0.25, 0.3) is 0 Å². The number of aliphatic imine (C=N–C) groups is 1. The second-order valence-electron chi connectivity index (χ2n) is 7.48. The fourth-order valence-electron chi connectivity index (χ4n) is 3.68. The fraction of sp³-hybridized carbons (Fsp3) is 0.125. The monoisotopic (exact) mass is 509 g/mol. The van der Waals surface area contributed by atoms with Crippen LogP contribution in [0.15, 0.2) is 88.8 Å². The van der Waals surface area contributed by atoms with Crippen molar-refractivity contribution in [3.05, 3.63) is 105 Å². The Balaban J connectivity index is 1.54. The molecule has 2 atom stereocenters. The Morgan fingerprint density at radius 2 is 1.71 bits per heavy atom. The molecule has 2 aromatic carbocycles. The van der Waals surface area contributed by atoms with Gasteiger partial charge in [-0.15, -0.1) is 0 Å². The van der Waals surface area contributed by atoms with Gasteiger partial charge in [-0.3, -0.25) is 15.2 Å². The highest BCUT2D eigenvalue weighted by Gasteiger charge is 2.41. The van der Waals surface area contributed by atoms with Crippen LogP contribution < -0.4 is 15.9 Å². The van der Waals surface area contributed by atoms with Crippen molar-refractivity contribution in [1.29, 1.82) is 0 Å². The molecule has 1 amide bonds. The van der Waals surface area contributed by atoms with Crippen molar-refractivity contribution in [2.45, 2.75) is 10.6 Å². The third-order valence-electron chi connectivity index (χ3n) is 5.35. The minimum absolute atomic E-state index is 0.0685. The molecule has 2 aliphatic heterocycles. The maximum absolute atomic E-state index is 13.1. The Labute approximate surface area is 210 Å². The van der Waals surface area contributed by atoms with Gasteiger partial charge in [-0.25, -0.2) is 10.0 Å². The highest BCUT2D eigenvalue weighted by atomic mass is 35.5. The number of hydrazine groups is 1. The van der Waals surface area contributed by atoms with Crippen molar-refractivity contribution in [3.63, 3.8) is 0 Å². The SMILES string of the molecule is COc1ccc(C2SC(N)=NC3=C2SC(c2ccc(Cl)cc2)N3NC(=O)c2ccncc2)cc1. The molecule has 3 N–H and O–H groups in total. The summed E-state index contributed by atoms with van der Waals surface area (Å²) in [4.78, 5) is 22.7. The predicted octanol–water partition coefficient (Wildman–Crippen LogP) is 5.11. The Kier molecular flexibility index (Phi) is 6.40. The number of methoxy groups -OCH3 is 1. The number of amidine groups is 1. The van der Waals surface area contributed by atoms with Crippen LogP contribution in [0.4, 0.5) is 0 Å². The lowest BCUT2D eigenvalue weighted by atomic mass is 10.1. The summed E-state index contributed by atoms with van der Waals surface area (Å²) in [6.45, 7) is 0. The zero-order chi connectivity index (χ0) is 23.7. The summed E-state index contributed by atoms with van der Waals surface area (Å²) in [5.74, 6) is 1.15. The van der Waals surface area contributed by atoms with E-state index in [4.69, 9.17) is 22.1 Å². The van der Waals surface area contributed by atoms with Crippen LogP contribution >= 0.6 is 35.1 Å². The van der Waals surface area contributed by atoms with E-state index >= 15 is 0 Å². The van der Waals surface area contributed by atoms with Crippen LogP contribution in [0.3, 0.4) is 0 Å². The largest absolute Gasteiger partial charge is 0.497 e.